The first-order valence-electron chi connectivity index (χ1n) is 9.10. The minimum Gasteiger partial charge on any atom is -0.388 e. The van der Waals surface area contributed by atoms with E-state index < -0.39 is 10.1 Å². The van der Waals surface area contributed by atoms with Gasteiger partial charge in [-0.15, -0.1) is 0 Å². The predicted molar refractivity (Wildman–Crippen MR) is 119 cm³/mol. The molecule has 0 heterocycles. The molecule has 3 aromatic carbocycles. The van der Waals surface area contributed by atoms with Crippen molar-refractivity contribution in [2.45, 2.75) is 11.8 Å². The lowest BCUT2D eigenvalue weighted by atomic mass is 9.82. The second-order valence-electron chi connectivity index (χ2n) is 6.96. The lowest BCUT2D eigenvalue weighted by Gasteiger charge is -2.23. The normalized spacial score (nSPS) is 12.5. The van der Waals surface area contributed by atoms with E-state index in [0.29, 0.717) is 16.8 Å². The molecule has 0 aliphatic heterocycles. The predicted octanol–water partition coefficient (Wildman–Crippen LogP) is 3.96. The topological polar surface area (TPSA) is 148 Å². The maximum atomic E-state index is 13.3. The Balaban J connectivity index is 0.00000272. The van der Waals surface area contributed by atoms with E-state index in [1.807, 2.05) is 0 Å². The number of nitrogens with one attached hydrogen (secondary N) is 2. The lowest BCUT2D eigenvalue weighted by Crippen LogP contribution is -2.23. The van der Waals surface area contributed by atoms with Crippen molar-refractivity contribution in [1.29, 1.82) is 0 Å². The highest BCUT2D eigenvalue weighted by molar-refractivity contribution is 7.86. The standard InChI is InChI=1S/C22H18N2O5S.H3N/c1-12-7-8-15(18(11-12)30(27,28)29)24-17-10-9-16(23-2)19-20(17)22(26)14-6-4-3-5-13(14)21(19)25;/h3-11,23-24H,1-2H3,(H,27,28,29);1H3. The third-order valence-electron chi connectivity index (χ3n) is 5.03. The number of hydrogen-bond acceptors (Lipinski definition) is 7. The molecule has 0 bridgehead atoms. The number of rotatable bonds is 4. The van der Waals surface area contributed by atoms with Gasteiger partial charge in [-0.2, -0.15) is 8.42 Å². The van der Waals surface area contributed by atoms with Crippen LogP contribution < -0.4 is 16.8 Å². The van der Waals surface area contributed by atoms with Crippen LogP contribution in [0.25, 0.3) is 0 Å². The molecule has 0 fully saturated rings. The van der Waals surface area contributed by atoms with Crippen LogP contribution >= 0.6 is 0 Å². The van der Waals surface area contributed by atoms with E-state index in [1.165, 1.54) is 12.1 Å². The number of anilines is 3. The molecule has 31 heavy (non-hydrogen) atoms. The number of aryl methyl sites for hydroxylation is 1. The van der Waals surface area contributed by atoms with Gasteiger partial charge in [-0.25, -0.2) is 0 Å². The van der Waals surface area contributed by atoms with Crippen molar-refractivity contribution in [3.05, 3.63) is 82.4 Å². The van der Waals surface area contributed by atoms with Gasteiger partial charge in [0.15, 0.2) is 11.6 Å². The summed E-state index contributed by atoms with van der Waals surface area (Å²) in [6, 6.07) is 14.3. The maximum Gasteiger partial charge on any atom is 0.296 e. The Morgan fingerprint density at radius 3 is 1.87 bits per heavy atom. The Bertz CT molecular complexity index is 1330. The molecule has 4 rings (SSSR count). The zero-order chi connectivity index (χ0) is 21.6. The summed E-state index contributed by atoms with van der Waals surface area (Å²) in [7, 11) is -2.86. The minimum atomic E-state index is -4.51. The Hall–Kier alpha value is -3.53. The van der Waals surface area contributed by atoms with Gasteiger partial charge in [-0.1, -0.05) is 30.3 Å². The fourth-order valence-electron chi connectivity index (χ4n) is 3.63. The zero-order valence-corrected chi connectivity index (χ0v) is 17.7. The average molecular weight is 439 g/mol. The summed E-state index contributed by atoms with van der Waals surface area (Å²) in [4.78, 5) is 26.1. The van der Waals surface area contributed by atoms with Crippen molar-refractivity contribution in [1.82, 2.24) is 6.15 Å². The van der Waals surface area contributed by atoms with E-state index in [-0.39, 0.29) is 50.7 Å². The molecule has 1 aliphatic rings. The molecule has 0 amide bonds. The third-order valence-corrected chi connectivity index (χ3v) is 5.92. The van der Waals surface area contributed by atoms with Crippen LogP contribution in [0.4, 0.5) is 17.1 Å². The summed E-state index contributed by atoms with van der Waals surface area (Å²) < 4.78 is 33.3. The number of carbonyl (C=O) groups excluding carboxylic acids is 2. The maximum absolute atomic E-state index is 13.3. The first kappa shape index (κ1) is 22.2. The first-order chi connectivity index (χ1) is 14.2. The van der Waals surface area contributed by atoms with Gasteiger partial charge in [0.25, 0.3) is 10.1 Å². The lowest BCUT2D eigenvalue weighted by molar-refractivity contribution is 0.0980. The highest BCUT2D eigenvalue weighted by Gasteiger charge is 2.34. The molecule has 0 radical (unpaired) electrons. The summed E-state index contributed by atoms with van der Waals surface area (Å²) in [6.07, 6.45) is 0. The molecular weight excluding hydrogens is 418 g/mol. The summed E-state index contributed by atoms with van der Waals surface area (Å²) >= 11 is 0. The second-order valence-corrected chi connectivity index (χ2v) is 8.35. The van der Waals surface area contributed by atoms with Crippen LogP contribution in [-0.4, -0.2) is 31.6 Å². The van der Waals surface area contributed by atoms with Crippen LogP contribution in [0.15, 0.2) is 59.5 Å². The van der Waals surface area contributed by atoms with Crippen molar-refractivity contribution in [3.8, 4) is 0 Å². The van der Waals surface area contributed by atoms with Crippen LogP contribution in [0.2, 0.25) is 0 Å². The van der Waals surface area contributed by atoms with Crippen molar-refractivity contribution < 1.29 is 22.6 Å². The molecule has 3 aromatic rings. The van der Waals surface area contributed by atoms with Crippen LogP contribution in [0.1, 0.15) is 37.4 Å². The van der Waals surface area contributed by atoms with E-state index in [1.54, 1.807) is 56.4 Å². The first-order valence-corrected chi connectivity index (χ1v) is 10.5. The third kappa shape index (κ3) is 3.70. The molecular formula is C22H21N3O5S. The highest BCUT2D eigenvalue weighted by Crippen LogP contribution is 2.38. The number of carbonyl (C=O) groups is 2. The molecule has 8 nitrogen and oxygen atoms in total. The number of ketones is 2. The van der Waals surface area contributed by atoms with Crippen molar-refractivity contribution in [2.24, 2.45) is 0 Å². The largest absolute Gasteiger partial charge is 0.388 e. The number of benzene rings is 3. The van der Waals surface area contributed by atoms with Crippen LogP contribution in [0.3, 0.4) is 0 Å². The smallest absolute Gasteiger partial charge is 0.296 e. The van der Waals surface area contributed by atoms with Crippen LogP contribution in [-0.2, 0) is 10.1 Å². The molecule has 9 heteroatoms. The van der Waals surface area contributed by atoms with Gasteiger partial charge >= 0.3 is 0 Å². The zero-order valence-electron chi connectivity index (χ0n) is 16.9. The van der Waals surface area contributed by atoms with Crippen molar-refractivity contribution >= 4 is 38.7 Å². The van der Waals surface area contributed by atoms with Gasteiger partial charge in [-0.05, 0) is 36.8 Å². The fourth-order valence-corrected chi connectivity index (χ4v) is 4.36. The molecule has 0 saturated heterocycles. The van der Waals surface area contributed by atoms with Crippen molar-refractivity contribution in [2.75, 3.05) is 17.7 Å². The molecule has 0 saturated carbocycles. The average Bonchev–Trinajstić information content (AvgIpc) is 2.72. The SMILES string of the molecule is CNc1ccc(Nc2ccc(C)cc2S(=O)(=O)O)c2c1C(=O)c1ccccc1C2=O.N. The second kappa shape index (κ2) is 7.95. The minimum absolute atomic E-state index is 0. The van der Waals surface area contributed by atoms with E-state index in [4.69, 9.17) is 0 Å². The molecule has 1 aliphatic carbocycles. The van der Waals surface area contributed by atoms with Gasteiger partial charge < -0.3 is 16.8 Å². The van der Waals surface area contributed by atoms with Crippen LogP contribution in [0.5, 0.6) is 0 Å². The van der Waals surface area contributed by atoms with E-state index in [0.717, 1.165) is 0 Å². The van der Waals surface area contributed by atoms with Gasteiger partial charge in [0.05, 0.1) is 22.5 Å². The van der Waals surface area contributed by atoms with E-state index in [9.17, 15) is 22.6 Å². The summed E-state index contributed by atoms with van der Waals surface area (Å²) in [6.45, 7) is 1.70. The number of fused-ring (bicyclic) bond motifs is 2. The Kier molecular flexibility index (Phi) is 5.68. The summed E-state index contributed by atoms with van der Waals surface area (Å²) in [5.74, 6) is -0.646. The Labute approximate surface area is 179 Å². The quantitative estimate of drug-likeness (QED) is 0.349. The summed E-state index contributed by atoms with van der Waals surface area (Å²) in [5.41, 5.74) is 2.46. The molecule has 160 valence electrons. The summed E-state index contributed by atoms with van der Waals surface area (Å²) in [5, 5.41) is 5.86. The molecule has 6 N–H and O–H groups in total. The Morgan fingerprint density at radius 2 is 1.32 bits per heavy atom. The van der Waals surface area contributed by atoms with Gasteiger partial charge in [0, 0.05) is 23.9 Å². The molecule has 0 aromatic heterocycles. The fraction of sp³-hybridized carbons (Fsp3) is 0.0909. The molecule has 0 atom stereocenters. The monoisotopic (exact) mass is 439 g/mol. The van der Waals surface area contributed by atoms with Crippen molar-refractivity contribution in [3.63, 3.8) is 0 Å². The number of hydrogen-bond donors (Lipinski definition) is 4. The van der Waals surface area contributed by atoms with Gasteiger partial charge in [-0.3, -0.25) is 14.1 Å². The van der Waals surface area contributed by atoms with E-state index in [2.05, 4.69) is 10.6 Å². The van der Waals surface area contributed by atoms with Crippen LogP contribution in [0, 0.1) is 6.92 Å². The van der Waals surface area contributed by atoms with E-state index >= 15 is 0 Å². The highest BCUT2D eigenvalue weighted by atomic mass is 32.2. The van der Waals surface area contributed by atoms with Gasteiger partial charge in [0.1, 0.15) is 4.90 Å². The Morgan fingerprint density at radius 1 is 0.806 bits per heavy atom. The molecule has 0 unspecified atom stereocenters. The molecule has 0 spiro atoms. The van der Waals surface area contributed by atoms with Gasteiger partial charge in [0.2, 0.25) is 0 Å².